The molecule has 3 heterocycles. The van der Waals surface area contributed by atoms with E-state index in [1.54, 1.807) is 0 Å². The number of nitrogens with zero attached hydrogens (tertiary/aromatic N) is 1. The summed E-state index contributed by atoms with van der Waals surface area (Å²) in [6.45, 7) is 7.23. The second-order valence-electron chi connectivity index (χ2n) is 15.2. The predicted molar refractivity (Wildman–Crippen MR) is 159 cm³/mol. The molecule has 0 radical (unpaired) electrons. The molecule has 6 fully saturated rings. The Balaban J connectivity index is 1.01. The molecule has 8 atom stereocenters. The molecule has 0 spiro atoms. The Bertz CT molecular complexity index is 895. The Morgan fingerprint density at radius 2 is 1.57 bits per heavy atom. The molecule has 5 N–H and O–H groups in total. The Kier molecular flexibility index (Phi) is 9.09. The van der Waals surface area contributed by atoms with E-state index in [0.29, 0.717) is 41.8 Å². The molecule has 0 aromatic carbocycles. The van der Waals surface area contributed by atoms with Crippen LogP contribution in [0.3, 0.4) is 0 Å². The van der Waals surface area contributed by atoms with Crippen molar-refractivity contribution in [1.82, 2.24) is 26.8 Å². The zero-order valence-electron chi connectivity index (χ0n) is 25.2. The first-order valence-electron chi connectivity index (χ1n) is 17.1. The van der Waals surface area contributed by atoms with Gasteiger partial charge in [-0.25, -0.2) is 0 Å². The molecular weight excluding hydrogens is 496 g/mol. The highest BCUT2D eigenvalue weighted by Gasteiger charge is 2.52. The molecule has 0 aromatic rings. The van der Waals surface area contributed by atoms with E-state index in [1.807, 2.05) is 0 Å². The lowest BCUT2D eigenvalue weighted by Gasteiger charge is -2.50. The van der Waals surface area contributed by atoms with Crippen molar-refractivity contribution in [3.63, 3.8) is 0 Å². The summed E-state index contributed by atoms with van der Waals surface area (Å²) in [7, 11) is 0. The number of carbonyl (C=O) groups is 1. The van der Waals surface area contributed by atoms with Crippen molar-refractivity contribution >= 4 is 5.91 Å². The molecule has 6 rings (SSSR count). The third kappa shape index (κ3) is 6.12. The molecule has 1 amide bonds. The molecule has 6 aliphatic rings. The first-order valence-corrected chi connectivity index (χ1v) is 17.1. The normalized spacial score (nSPS) is 42.8. The van der Waals surface area contributed by atoms with Gasteiger partial charge < -0.3 is 16.0 Å². The van der Waals surface area contributed by atoms with E-state index in [0.717, 1.165) is 43.8 Å². The van der Waals surface area contributed by atoms with Crippen molar-refractivity contribution in [2.24, 2.45) is 46.8 Å². The van der Waals surface area contributed by atoms with Gasteiger partial charge in [0.15, 0.2) is 0 Å². The quantitative estimate of drug-likeness (QED) is 0.338. The van der Waals surface area contributed by atoms with Gasteiger partial charge in [-0.05, 0) is 132 Å². The zero-order chi connectivity index (χ0) is 27.7. The van der Waals surface area contributed by atoms with Crippen LogP contribution in [-0.4, -0.2) is 49.7 Å². The number of fused-ring (bicyclic) bond motifs is 3. The van der Waals surface area contributed by atoms with Crippen LogP contribution in [0.1, 0.15) is 104 Å². The largest absolute Gasteiger partial charge is 0.354 e. The van der Waals surface area contributed by atoms with Crippen LogP contribution in [0, 0.1) is 58.2 Å². The van der Waals surface area contributed by atoms with Gasteiger partial charge in [0.25, 0.3) is 0 Å². The van der Waals surface area contributed by atoms with Crippen LogP contribution in [0.2, 0.25) is 0 Å². The second kappa shape index (κ2) is 12.6. The topological polar surface area (TPSA) is 101 Å². The van der Waals surface area contributed by atoms with Crippen LogP contribution >= 0.6 is 0 Å². The van der Waals surface area contributed by atoms with E-state index in [2.05, 4.69) is 46.7 Å². The molecule has 224 valence electrons. The number of hydrogen-bond acceptors (Lipinski definition) is 6. The summed E-state index contributed by atoms with van der Waals surface area (Å²) in [6.07, 6.45) is 17.6. The van der Waals surface area contributed by atoms with Crippen molar-refractivity contribution < 1.29 is 4.79 Å². The van der Waals surface area contributed by atoms with Crippen LogP contribution < -0.4 is 26.8 Å². The lowest BCUT2D eigenvalue weighted by molar-refractivity contribution is -0.124. The number of nitriles is 1. The number of nitrogens with one attached hydrogen (secondary N) is 5. The van der Waals surface area contributed by atoms with Crippen molar-refractivity contribution in [2.45, 2.75) is 128 Å². The van der Waals surface area contributed by atoms with Gasteiger partial charge in [-0.15, -0.1) is 0 Å². The molecule has 3 saturated heterocycles. The van der Waals surface area contributed by atoms with Gasteiger partial charge in [0.1, 0.15) is 0 Å². The molecule has 40 heavy (non-hydrogen) atoms. The summed E-state index contributed by atoms with van der Waals surface area (Å²) in [6, 6.07) is 4.33. The molecule has 0 bridgehead atoms. The monoisotopic (exact) mass is 552 g/mol. The Morgan fingerprint density at radius 3 is 2.30 bits per heavy atom. The molecule has 8 unspecified atom stereocenters. The highest BCUT2D eigenvalue weighted by molar-refractivity contribution is 5.81. The van der Waals surface area contributed by atoms with Crippen LogP contribution in [0.25, 0.3) is 0 Å². The summed E-state index contributed by atoms with van der Waals surface area (Å²) in [5.41, 5.74) is 7.32. The smallest absolute Gasteiger partial charge is 0.237 e. The predicted octanol–water partition coefficient (Wildman–Crippen LogP) is 4.26. The first kappa shape index (κ1) is 28.9. The number of hydrogen-bond donors (Lipinski definition) is 5. The average Bonchev–Trinajstić information content (AvgIpc) is 3.45. The third-order valence-electron chi connectivity index (χ3n) is 12.7. The number of piperidine rings is 2. The van der Waals surface area contributed by atoms with E-state index in [1.165, 1.54) is 83.5 Å². The average molecular weight is 553 g/mol. The van der Waals surface area contributed by atoms with Crippen LogP contribution in [0.4, 0.5) is 0 Å². The fraction of sp³-hybridized carbons (Fsp3) is 0.939. The van der Waals surface area contributed by atoms with E-state index in [-0.39, 0.29) is 17.4 Å². The van der Waals surface area contributed by atoms with Gasteiger partial charge in [-0.3, -0.25) is 15.6 Å². The maximum Gasteiger partial charge on any atom is 0.237 e. The van der Waals surface area contributed by atoms with E-state index < -0.39 is 0 Å². The lowest BCUT2D eigenvalue weighted by Crippen LogP contribution is -2.59. The SMILES string of the molecule is CC(C)(C#N)C1CCC(C2NNC3CNC4CCC(C5CCC(C(=O)NCC6CCCCC6)NC5)CC4C32)CC1. The van der Waals surface area contributed by atoms with Crippen LogP contribution in [-0.2, 0) is 4.79 Å². The minimum Gasteiger partial charge on any atom is -0.354 e. The van der Waals surface area contributed by atoms with Crippen LogP contribution in [0.5, 0.6) is 0 Å². The zero-order valence-corrected chi connectivity index (χ0v) is 25.2. The van der Waals surface area contributed by atoms with Gasteiger partial charge in [0, 0.05) is 31.2 Å². The van der Waals surface area contributed by atoms with Gasteiger partial charge in [0.2, 0.25) is 5.91 Å². The van der Waals surface area contributed by atoms with E-state index >= 15 is 0 Å². The molecule has 7 heteroatoms. The number of carbonyl (C=O) groups excluding carboxylic acids is 1. The minimum atomic E-state index is -0.200. The van der Waals surface area contributed by atoms with Gasteiger partial charge in [-0.1, -0.05) is 19.3 Å². The van der Waals surface area contributed by atoms with Crippen molar-refractivity contribution in [1.29, 1.82) is 5.26 Å². The number of hydrazine groups is 1. The fourth-order valence-electron chi connectivity index (χ4n) is 10.0. The van der Waals surface area contributed by atoms with E-state index in [4.69, 9.17) is 0 Å². The van der Waals surface area contributed by atoms with Crippen molar-refractivity contribution in [2.75, 3.05) is 19.6 Å². The summed E-state index contributed by atoms with van der Waals surface area (Å²) < 4.78 is 0. The fourth-order valence-corrected chi connectivity index (χ4v) is 10.0. The maximum absolute atomic E-state index is 12.9. The lowest BCUT2D eigenvalue weighted by atomic mass is 9.60. The molecule has 3 saturated carbocycles. The minimum absolute atomic E-state index is 0.00524. The van der Waals surface area contributed by atoms with Gasteiger partial charge in [0.05, 0.1) is 17.5 Å². The summed E-state index contributed by atoms with van der Waals surface area (Å²) in [5.74, 6) is 5.10. The number of rotatable bonds is 6. The van der Waals surface area contributed by atoms with Gasteiger partial charge in [-0.2, -0.15) is 5.26 Å². The maximum atomic E-state index is 12.9. The van der Waals surface area contributed by atoms with E-state index in [9.17, 15) is 10.1 Å². The van der Waals surface area contributed by atoms with Crippen molar-refractivity contribution in [3.05, 3.63) is 0 Å². The Hall–Kier alpha value is -1.20. The Morgan fingerprint density at radius 1 is 0.825 bits per heavy atom. The summed E-state index contributed by atoms with van der Waals surface area (Å²) in [5, 5.41) is 20.5. The van der Waals surface area contributed by atoms with Crippen molar-refractivity contribution in [3.8, 4) is 6.07 Å². The summed E-state index contributed by atoms with van der Waals surface area (Å²) in [4.78, 5) is 12.9. The third-order valence-corrected chi connectivity index (χ3v) is 12.7. The first-order chi connectivity index (χ1) is 19.4. The summed E-state index contributed by atoms with van der Waals surface area (Å²) >= 11 is 0. The molecule has 7 nitrogen and oxygen atoms in total. The number of amides is 1. The Labute approximate surface area is 243 Å². The van der Waals surface area contributed by atoms with Crippen LogP contribution in [0.15, 0.2) is 0 Å². The standard InChI is InChI=1S/C33H56N6O/c1-33(2,20-34)25-12-8-22(9-13-25)31-30-26-16-23(10-14-27(26)36-19-29(30)38-39-31)24-11-15-28(35-18-24)32(40)37-17-21-6-4-3-5-7-21/h21-31,35-36,38-39H,3-19H2,1-2H3,(H,37,40). The second-order valence-corrected chi connectivity index (χ2v) is 15.2. The molecular formula is C33H56N6O. The molecule has 3 aliphatic carbocycles. The highest BCUT2D eigenvalue weighted by atomic mass is 16.2. The highest BCUT2D eigenvalue weighted by Crippen LogP contribution is 2.48. The van der Waals surface area contributed by atoms with Gasteiger partial charge >= 0.3 is 0 Å². The molecule has 3 aliphatic heterocycles. The molecule has 0 aromatic heterocycles.